The Kier molecular flexibility index (Phi) is 3.01. The van der Waals surface area contributed by atoms with Crippen LogP contribution in [0.3, 0.4) is 0 Å². The van der Waals surface area contributed by atoms with Crippen LogP contribution in [0.4, 0.5) is 5.69 Å². The molecular formula is C10H12ClNO2. The molecule has 0 bridgehead atoms. The van der Waals surface area contributed by atoms with Crippen LogP contribution in [0, 0.1) is 6.92 Å². The van der Waals surface area contributed by atoms with Gasteiger partial charge in [-0.2, -0.15) is 0 Å². The molecule has 1 aromatic carbocycles. The minimum absolute atomic E-state index is 0.444. The van der Waals surface area contributed by atoms with Gasteiger partial charge in [-0.1, -0.05) is 17.7 Å². The van der Waals surface area contributed by atoms with Gasteiger partial charge in [-0.05, 0) is 31.0 Å². The number of anilines is 1. The molecule has 0 aliphatic rings. The highest BCUT2D eigenvalue weighted by atomic mass is 35.5. The lowest BCUT2D eigenvalue weighted by atomic mass is 9.98. The number of nitrogen functional groups attached to an aromatic ring is 1. The van der Waals surface area contributed by atoms with Gasteiger partial charge in [0.15, 0.2) is 0 Å². The number of carboxylic acid groups (broad SMARTS) is 1. The van der Waals surface area contributed by atoms with Gasteiger partial charge in [0.1, 0.15) is 0 Å². The Balaban J connectivity index is 3.24. The summed E-state index contributed by atoms with van der Waals surface area (Å²) in [6, 6.07) is 3.33. The van der Waals surface area contributed by atoms with E-state index in [4.69, 9.17) is 22.4 Å². The predicted octanol–water partition coefficient (Wildman–Crippen LogP) is 2.42. The molecule has 4 heteroatoms. The smallest absolute Gasteiger partial charge is 0.310 e. The number of hydrogen-bond acceptors (Lipinski definition) is 2. The van der Waals surface area contributed by atoms with Gasteiger partial charge < -0.3 is 10.8 Å². The molecule has 14 heavy (non-hydrogen) atoms. The summed E-state index contributed by atoms with van der Waals surface area (Å²) in [4.78, 5) is 10.8. The van der Waals surface area contributed by atoms with Crippen LogP contribution in [-0.2, 0) is 4.79 Å². The highest BCUT2D eigenvalue weighted by molar-refractivity contribution is 6.32. The van der Waals surface area contributed by atoms with E-state index in [0.29, 0.717) is 16.3 Å². The molecule has 0 amide bonds. The Morgan fingerprint density at radius 2 is 2.14 bits per heavy atom. The average Bonchev–Trinajstić information content (AvgIpc) is 2.13. The number of hydrogen-bond donors (Lipinski definition) is 2. The molecule has 0 fully saturated rings. The molecule has 1 atom stereocenters. The summed E-state index contributed by atoms with van der Waals surface area (Å²) in [5.41, 5.74) is 7.55. The fourth-order valence-corrected chi connectivity index (χ4v) is 1.52. The minimum atomic E-state index is -0.893. The Labute approximate surface area is 87.5 Å². The molecule has 0 saturated carbocycles. The van der Waals surface area contributed by atoms with Crippen molar-refractivity contribution in [1.29, 1.82) is 0 Å². The van der Waals surface area contributed by atoms with Gasteiger partial charge in [0.05, 0.1) is 5.92 Å². The van der Waals surface area contributed by atoms with Crippen molar-refractivity contribution in [2.75, 3.05) is 5.73 Å². The summed E-state index contributed by atoms with van der Waals surface area (Å²) < 4.78 is 0. The zero-order chi connectivity index (χ0) is 10.9. The van der Waals surface area contributed by atoms with E-state index in [1.807, 2.05) is 0 Å². The first-order valence-electron chi connectivity index (χ1n) is 4.22. The lowest BCUT2D eigenvalue weighted by Crippen LogP contribution is -2.09. The number of aliphatic carboxylic acids is 1. The van der Waals surface area contributed by atoms with E-state index in [1.165, 1.54) is 0 Å². The lowest BCUT2D eigenvalue weighted by Gasteiger charge is -2.12. The van der Waals surface area contributed by atoms with Gasteiger partial charge in [-0.3, -0.25) is 4.79 Å². The van der Waals surface area contributed by atoms with Crippen molar-refractivity contribution in [2.45, 2.75) is 19.8 Å². The molecule has 0 aliphatic heterocycles. The molecule has 0 aliphatic carbocycles. The SMILES string of the molecule is Cc1c(N)ccc(C(C)C(=O)O)c1Cl. The molecule has 1 rings (SSSR count). The van der Waals surface area contributed by atoms with Crippen molar-refractivity contribution in [3.63, 3.8) is 0 Å². The van der Waals surface area contributed by atoms with Crippen LogP contribution in [0.25, 0.3) is 0 Å². The maximum absolute atomic E-state index is 10.8. The first kappa shape index (κ1) is 10.9. The highest BCUT2D eigenvalue weighted by Crippen LogP contribution is 2.30. The molecule has 0 spiro atoms. The van der Waals surface area contributed by atoms with Crippen LogP contribution in [0.5, 0.6) is 0 Å². The lowest BCUT2D eigenvalue weighted by molar-refractivity contribution is -0.138. The van der Waals surface area contributed by atoms with Gasteiger partial charge in [0.25, 0.3) is 0 Å². The highest BCUT2D eigenvalue weighted by Gasteiger charge is 2.18. The molecule has 0 aromatic heterocycles. The molecule has 3 N–H and O–H groups in total. The number of rotatable bonds is 2. The van der Waals surface area contributed by atoms with Crippen LogP contribution in [-0.4, -0.2) is 11.1 Å². The summed E-state index contributed by atoms with van der Waals surface area (Å²) in [5, 5.41) is 9.27. The number of carboxylic acids is 1. The second kappa shape index (κ2) is 3.88. The summed E-state index contributed by atoms with van der Waals surface area (Å²) in [5.74, 6) is -1.50. The monoisotopic (exact) mass is 213 g/mol. The summed E-state index contributed by atoms with van der Waals surface area (Å²) >= 11 is 5.99. The third kappa shape index (κ3) is 1.82. The van der Waals surface area contributed by atoms with Crippen LogP contribution >= 0.6 is 11.6 Å². The van der Waals surface area contributed by atoms with Crippen LogP contribution in [0.1, 0.15) is 24.0 Å². The minimum Gasteiger partial charge on any atom is -0.481 e. The van der Waals surface area contributed by atoms with Crippen LogP contribution in [0.2, 0.25) is 5.02 Å². The van der Waals surface area contributed by atoms with E-state index in [1.54, 1.807) is 26.0 Å². The molecule has 0 heterocycles. The van der Waals surface area contributed by atoms with Crippen molar-refractivity contribution in [1.82, 2.24) is 0 Å². The standard InChI is InChI=1S/C10H12ClNO2/c1-5(10(13)14)7-3-4-8(12)6(2)9(7)11/h3-5H,12H2,1-2H3,(H,13,14). The van der Waals surface area contributed by atoms with E-state index in [9.17, 15) is 4.79 Å². The quantitative estimate of drug-likeness (QED) is 0.742. The third-order valence-electron chi connectivity index (χ3n) is 2.30. The van der Waals surface area contributed by atoms with E-state index in [-0.39, 0.29) is 0 Å². The predicted molar refractivity (Wildman–Crippen MR) is 56.7 cm³/mol. The number of benzene rings is 1. The van der Waals surface area contributed by atoms with E-state index in [0.717, 1.165) is 5.56 Å². The van der Waals surface area contributed by atoms with Crippen molar-refractivity contribution in [3.05, 3.63) is 28.3 Å². The maximum atomic E-state index is 10.8. The van der Waals surface area contributed by atoms with Gasteiger partial charge in [0.2, 0.25) is 0 Å². The van der Waals surface area contributed by atoms with Gasteiger partial charge in [-0.25, -0.2) is 0 Å². The largest absolute Gasteiger partial charge is 0.481 e. The number of halogens is 1. The summed E-state index contributed by atoms with van der Waals surface area (Å²) in [6.07, 6.45) is 0. The molecule has 1 aromatic rings. The molecule has 3 nitrogen and oxygen atoms in total. The first-order chi connectivity index (χ1) is 6.45. The molecule has 76 valence electrons. The summed E-state index contributed by atoms with van der Waals surface area (Å²) in [6.45, 7) is 3.37. The van der Waals surface area contributed by atoms with E-state index >= 15 is 0 Å². The maximum Gasteiger partial charge on any atom is 0.310 e. The van der Waals surface area contributed by atoms with E-state index in [2.05, 4.69) is 0 Å². The molecule has 0 radical (unpaired) electrons. The average molecular weight is 214 g/mol. The number of nitrogens with two attached hydrogens (primary N) is 1. The molecular weight excluding hydrogens is 202 g/mol. The second-order valence-electron chi connectivity index (χ2n) is 3.24. The van der Waals surface area contributed by atoms with Crippen molar-refractivity contribution in [3.8, 4) is 0 Å². The Morgan fingerprint density at radius 3 is 2.64 bits per heavy atom. The van der Waals surface area contributed by atoms with Crippen LogP contribution < -0.4 is 5.73 Å². The fourth-order valence-electron chi connectivity index (χ4n) is 1.19. The fraction of sp³-hybridized carbons (Fsp3) is 0.300. The Bertz CT molecular complexity index is 377. The molecule has 0 saturated heterocycles. The number of carbonyl (C=O) groups is 1. The summed E-state index contributed by atoms with van der Waals surface area (Å²) in [7, 11) is 0. The Morgan fingerprint density at radius 1 is 1.57 bits per heavy atom. The van der Waals surface area contributed by atoms with Crippen molar-refractivity contribution >= 4 is 23.3 Å². The third-order valence-corrected chi connectivity index (χ3v) is 2.80. The zero-order valence-electron chi connectivity index (χ0n) is 8.04. The Hall–Kier alpha value is -1.22. The van der Waals surface area contributed by atoms with Crippen molar-refractivity contribution < 1.29 is 9.90 Å². The second-order valence-corrected chi connectivity index (χ2v) is 3.62. The van der Waals surface area contributed by atoms with Gasteiger partial charge in [0, 0.05) is 10.7 Å². The zero-order valence-corrected chi connectivity index (χ0v) is 8.80. The van der Waals surface area contributed by atoms with Crippen molar-refractivity contribution in [2.24, 2.45) is 0 Å². The first-order valence-corrected chi connectivity index (χ1v) is 4.60. The van der Waals surface area contributed by atoms with Crippen LogP contribution in [0.15, 0.2) is 12.1 Å². The molecule has 1 unspecified atom stereocenters. The normalized spacial score (nSPS) is 12.5. The topological polar surface area (TPSA) is 63.3 Å². The van der Waals surface area contributed by atoms with E-state index < -0.39 is 11.9 Å². The van der Waals surface area contributed by atoms with Gasteiger partial charge in [-0.15, -0.1) is 0 Å². The van der Waals surface area contributed by atoms with Gasteiger partial charge >= 0.3 is 5.97 Å².